The van der Waals surface area contributed by atoms with E-state index in [9.17, 15) is 4.79 Å². The number of carbonyl (C=O) groups excluding carboxylic acids is 1. The number of para-hydroxylation sites is 1. The van der Waals surface area contributed by atoms with E-state index in [2.05, 4.69) is 46.2 Å². The van der Waals surface area contributed by atoms with Crippen LogP contribution in [0.3, 0.4) is 0 Å². The van der Waals surface area contributed by atoms with Crippen LogP contribution in [-0.2, 0) is 6.42 Å². The van der Waals surface area contributed by atoms with E-state index in [1.165, 1.54) is 22.4 Å². The Bertz CT molecular complexity index is 1090. The number of ether oxygens (including phenoxy) is 1. The highest BCUT2D eigenvalue weighted by Gasteiger charge is 2.22. The third-order valence-electron chi connectivity index (χ3n) is 6.93. The van der Waals surface area contributed by atoms with Crippen LogP contribution >= 0.6 is 11.3 Å². The van der Waals surface area contributed by atoms with Crippen LogP contribution in [0, 0.1) is 0 Å². The van der Waals surface area contributed by atoms with Crippen molar-refractivity contribution in [3.63, 3.8) is 0 Å². The van der Waals surface area contributed by atoms with Gasteiger partial charge in [0.1, 0.15) is 10.8 Å². The van der Waals surface area contributed by atoms with E-state index in [1.807, 2.05) is 12.1 Å². The minimum Gasteiger partial charge on any atom is -0.491 e. The summed E-state index contributed by atoms with van der Waals surface area (Å²) in [6.07, 6.45) is 5.46. The fourth-order valence-corrected chi connectivity index (χ4v) is 6.12. The van der Waals surface area contributed by atoms with E-state index in [0.29, 0.717) is 6.54 Å². The molecule has 0 aliphatic carbocycles. The molecule has 180 valence electrons. The van der Waals surface area contributed by atoms with Crippen molar-refractivity contribution in [3.05, 3.63) is 54.1 Å². The van der Waals surface area contributed by atoms with Crippen LogP contribution in [0.2, 0.25) is 0 Å². The molecular formula is C27H34N4O2S. The smallest absolute Gasteiger partial charge is 0.319 e. The number of amides is 2. The first-order valence-electron chi connectivity index (χ1n) is 12.5. The summed E-state index contributed by atoms with van der Waals surface area (Å²) in [6, 6.07) is 16.5. The summed E-state index contributed by atoms with van der Waals surface area (Å²) in [6.45, 7) is 6.70. The summed E-state index contributed by atoms with van der Waals surface area (Å²) in [4.78, 5) is 18.8. The Hall–Kier alpha value is -2.77. The van der Waals surface area contributed by atoms with Crippen molar-refractivity contribution in [2.45, 2.75) is 32.1 Å². The van der Waals surface area contributed by atoms with E-state index in [0.717, 1.165) is 81.2 Å². The first-order chi connectivity index (χ1) is 16.7. The number of nitrogens with two attached hydrogens (primary N) is 1. The molecule has 3 aromatic rings. The topological polar surface area (TPSA) is 62.0 Å². The summed E-state index contributed by atoms with van der Waals surface area (Å²) in [5.74, 6) is 1.11. The number of hydrogen-bond acceptors (Lipinski definition) is 5. The summed E-state index contributed by atoms with van der Waals surface area (Å²) < 4.78 is 7.32. The maximum Gasteiger partial charge on any atom is 0.319 e. The van der Waals surface area contributed by atoms with Crippen LogP contribution in [0.15, 0.2) is 48.5 Å². The van der Waals surface area contributed by atoms with Gasteiger partial charge in [-0.15, -0.1) is 11.3 Å². The predicted molar refractivity (Wildman–Crippen MR) is 142 cm³/mol. The summed E-state index contributed by atoms with van der Waals surface area (Å²) in [5.41, 5.74) is 8.33. The summed E-state index contributed by atoms with van der Waals surface area (Å²) in [7, 11) is 0. The van der Waals surface area contributed by atoms with Gasteiger partial charge in [-0.3, -0.25) is 9.80 Å². The van der Waals surface area contributed by atoms with Gasteiger partial charge in [0.25, 0.3) is 0 Å². The monoisotopic (exact) mass is 478 g/mol. The molecule has 3 heterocycles. The number of rotatable bonds is 7. The van der Waals surface area contributed by atoms with Crippen molar-refractivity contribution in [1.29, 1.82) is 0 Å². The second kappa shape index (κ2) is 10.7. The van der Waals surface area contributed by atoms with E-state index in [4.69, 9.17) is 10.5 Å². The molecule has 2 aliphatic rings. The van der Waals surface area contributed by atoms with Crippen LogP contribution < -0.4 is 20.3 Å². The number of unbranched alkanes of at least 4 members (excludes halogenated alkanes) is 1. The molecule has 0 bridgehead atoms. The van der Waals surface area contributed by atoms with E-state index in [1.54, 1.807) is 16.2 Å². The molecule has 0 atom stereocenters. The molecule has 7 heteroatoms. The second-order valence-electron chi connectivity index (χ2n) is 9.22. The number of aryl methyl sites for hydroxylation is 1. The van der Waals surface area contributed by atoms with Crippen molar-refractivity contribution < 1.29 is 9.53 Å². The Balaban J connectivity index is 1.10. The van der Waals surface area contributed by atoms with Crippen LogP contribution in [-0.4, -0.2) is 56.8 Å². The van der Waals surface area contributed by atoms with Gasteiger partial charge < -0.3 is 15.4 Å². The number of thiophene rings is 1. The fraction of sp³-hybridized carbons (Fsp3) is 0.444. The van der Waals surface area contributed by atoms with Crippen molar-refractivity contribution in [3.8, 4) is 5.75 Å². The number of piperazine rings is 1. The zero-order valence-electron chi connectivity index (χ0n) is 19.7. The van der Waals surface area contributed by atoms with Gasteiger partial charge in [-0.1, -0.05) is 30.3 Å². The molecule has 2 amide bonds. The second-order valence-corrected chi connectivity index (χ2v) is 10.3. The molecule has 0 spiro atoms. The highest BCUT2D eigenvalue weighted by Crippen LogP contribution is 2.36. The maximum absolute atomic E-state index is 12.1. The predicted octanol–water partition coefficient (Wildman–Crippen LogP) is 5.10. The molecule has 1 saturated heterocycles. The maximum atomic E-state index is 12.1. The zero-order valence-corrected chi connectivity index (χ0v) is 20.6. The molecule has 1 fully saturated rings. The van der Waals surface area contributed by atoms with Crippen LogP contribution in [0.25, 0.3) is 10.1 Å². The molecule has 2 aliphatic heterocycles. The molecule has 0 radical (unpaired) electrons. The van der Waals surface area contributed by atoms with Gasteiger partial charge >= 0.3 is 6.03 Å². The molecule has 0 saturated carbocycles. The third kappa shape index (κ3) is 5.15. The molecule has 6 nitrogen and oxygen atoms in total. The fourth-order valence-electron chi connectivity index (χ4n) is 5.02. The number of hydrogen-bond donors (Lipinski definition) is 1. The van der Waals surface area contributed by atoms with Gasteiger partial charge in [0.15, 0.2) is 0 Å². The number of urea groups is 1. The Morgan fingerprint density at radius 3 is 2.71 bits per heavy atom. The van der Waals surface area contributed by atoms with Crippen molar-refractivity contribution in [2.75, 3.05) is 55.7 Å². The third-order valence-corrected chi connectivity index (χ3v) is 8.07. The number of primary amides is 1. The minimum atomic E-state index is -0.371. The number of nitrogens with zero attached hydrogens (tertiary/aromatic N) is 3. The Morgan fingerprint density at radius 1 is 1.03 bits per heavy atom. The molecule has 2 N–H and O–H groups in total. The highest BCUT2D eigenvalue weighted by atomic mass is 32.1. The standard InChI is InChI=1S/C27H34N4O2S/c28-27(32)31(25-20-22-9-1-2-12-24(22)34-25)14-5-4-13-29-15-17-30(18-16-29)23-11-7-10-21-8-3-6-19-33-26(21)23/h1-2,7,9-12,20H,3-6,8,13-19H2,(H2,28,32). The molecular weight excluding hydrogens is 444 g/mol. The Morgan fingerprint density at radius 2 is 1.88 bits per heavy atom. The average Bonchev–Trinajstić information content (AvgIpc) is 3.13. The summed E-state index contributed by atoms with van der Waals surface area (Å²) >= 11 is 1.63. The van der Waals surface area contributed by atoms with Crippen LogP contribution in [0.4, 0.5) is 15.5 Å². The SMILES string of the molecule is NC(=O)N(CCCCN1CCN(c2cccc3c2OCCCC3)CC1)c1cc2ccccc2s1. The Kier molecular flexibility index (Phi) is 7.21. The number of carbonyl (C=O) groups is 1. The zero-order chi connectivity index (χ0) is 23.3. The molecule has 1 aromatic heterocycles. The lowest BCUT2D eigenvalue weighted by Crippen LogP contribution is -2.47. The largest absolute Gasteiger partial charge is 0.491 e. The van der Waals surface area contributed by atoms with Gasteiger partial charge in [-0.25, -0.2) is 4.79 Å². The lowest BCUT2D eigenvalue weighted by Gasteiger charge is -2.37. The van der Waals surface area contributed by atoms with Crippen molar-refractivity contribution in [2.24, 2.45) is 5.73 Å². The van der Waals surface area contributed by atoms with Crippen molar-refractivity contribution in [1.82, 2.24) is 4.90 Å². The van der Waals surface area contributed by atoms with Gasteiger partial charge in [0.2, 0.25) is 0 Å². The minimum absolute atomic E-state index is 0.371. The van der Waals surface area contributed by atoms with E-state index < -0.39 is 0 Å². The lowest BCUT2D eigenvalue weighted by atomic mass is 10.1. The van der Waals surface area contributed by atoms with Crippen LogP contribution in [0.5, 0.6) is 5.75 Å². The molecule has 34 heavy (non-hydrogen) atoms. The molecule has 5 rings (SSSR count). The first-order valence-corrected chi connectivity index (χ1v) is 13.3. The average molecular weight is 479 g/mol. The van der Waals surface area contributed by atoms with Gasteiger partial charge in [-0.2, -0.15) is 0 Å². The van der Waals surface area contributed by atoms with E-state index in [-0.39, 0.29) is 6.03 Å². The first kappa shape index (κ1) is 23.0. The van der Waals surface area contributed by atoms with E-state index >= 15 is 0 Å². The van der Waals surface area contributed by atoms with Gasteiger partial charge in [0.05, 0.1) is 12.3 Å². The van der Waals surface area contributed by atoms with Crippen molar-refractivity contribution >= 4 is 38.1 Å². The lowest BCUT2D eigenvalue weighted by molar-refractivity contribution is 0.248. The highest BCUT2D eigenvalue weighted by molar-refractivity contribution is 7.23. The van der Waals surface area contributed by atoms with Crippen LogP contribution in [0.1, 0.15) is 31.2 Å². The van der Waals surface area contributed by atoms with Gasteiger partial charge in [-0.05, 0) is 67.8 Å². The number of benzene rings is 2. The quantitative estimate of drug-likeness (QED) is 0.480. The Labute approximate surface area is 205 Å². The normalized spacial score (nSPS) is 16.6. The van der Waals surface area contributed by atoms with Gasteiger partial charge in [0, 0.05) is 37.4 Å². The number of fused-ring (bicyclic) bond motifs is 2. The molecule has 0 unspecified atom stereocenters. The molecule has 2 aromatic carbocycles. The number of anilines is 2. The summed E-state index contributed by atoms with van der Waals surface area (Å²) in [5, 5.41) is 2.10.